The molecule has 0 aromatic carbocycles. The highest BCUT2D eigenvalue weighted by Gasteiger charge is 2.08. The first-order chi connectivity index (χ1) is 7.11. The number of rotatable bonds is 5. The van der Waals surface area contributed by atoms with E-state index < -0.39 is 0 Å². The Bertz CT molecular complexity index is 324. The monoisotopic (exact) mass is 289 g/mol. The van der Waals surface area contributed by atoms with Gasteiger partial charge in [-0.05, 0) is 26.0 Å². The van der Waals surface area contributed by atoms with E-state index in [0.717, 1.165) is 11.8 Å². The van der Waals surface area contributed by atoms with Crippen molar-refractivity contribution in [1.29, 1.82) is 0 Å². The molecule has 4 heteroatoms. The molecule has 0 saturated carbocycles. The summed E-state index contributed by atoms with van der Waals surface area (Å²) in [6.07, 6.45) is 1.47. The first-order valence-corrected chi connectivity index (χ1v) is 6.96. The summed E-state index contributed by atoms with van der Waals surface area (Å²) in [6, 6.07) is 4.47. The van der Waals surface area contributed by atoms with E-state index in [9.17, 15) is 4.79 Å². The van der Waals surface area contributed by atoms with Crippen molar-refractivity contribution in [2.75, 3.05) is 5.33 Å². The van der Waals surface area contributed by atoms with E-state index >= 15 is 0 Å². The van der Waals surface area contributed by atoms with Crippen LogP contribution in [0.2, 0.25) is 0 Å². The minimum absolute atomic E-state index is 0.118. The molecular weight excluding hydrogens is 274 g/mol. The summed E-state index contributed by atoms with van der Waals surface area (Å²) >= 11 is 5.05. The van der Waals surface area contributed by atoms with Crippen LogP contribution in [-0.2, 0) is 11.2 Å². The second-order valence-electron chi connectivity index (χ2n) is 3.62. The third kappa shape index (κ3) is 4.80. The number of hydrogen-bond donors (Lipinski definition) is 1. The second kappa shape index (κ2) is 6.28. The molecule has 1 heterocycles. The lowest BCUT2D eigenvalue weighted by Crippen LogP contribution is -2.33. The van der Waals surface area contributed by atoms with Crippen molar-refractivity contribution in [3.05, 3.63) is 21.9 Å². The number of carbonyl (C=O) groups is 1. The molecular formula is C11H16BrNOS. The Morgan fingerprint density at radius 1 is 1.60 bits per heavy atom. The summed E-state index contributed by atoms with van der Waals surface area (Å²) in [4.78, 5) is 14.0. The van der Waals surface area contributed by atoms with Gasteiger partial charge in [0.2, 0.25) is 5.91 Å². The van der Waals surface area contributed by atoms with Crippen LogP contribution in [0.5, 0.6) is 0 Å². The van der Waals surface area contributed by atoms with Gasteiger partial charge in [-0.15, -0.1) is 11.3 Å². The van der Waals surface area contributed by atoms with Gasteiger partial charge < -0.3 is 5.32 Å². The Morgan fingerprint density at radius 2 is 2.33 bits per heavy atom. The van der Waals surface area contributed by atoms with Gasteiger partial charge >= 0.3 is 0 Å². The van der Waals surface area contributed by atoms with Crippen LogP contribution in [0.3, 0.4) is 0 Å². The van der Waals surface area contributed by atoms with Crippen molar-refractivity contribution >= 4 is 33.2 Å². The third-order valence-corrected chi connectivity index (χ3v) is 3.45. The number of alkyl halides is 1. The lowest BCUT2D eigenvalue weighted by atomic mass is 10.2. The van der Waals surface area contributed by atoms with Crippen LogP contribution in [0.4, 0.5) is 0 Å². The predicted octanol–water partition coefficient (Wildman–Crippen LogP) is 2.89. The Balaban J connectivity index is 2.35. The number of hydrogen-bond acceptors (Lipinski definition) is 2. The van der Waals surface area contributed by atoms with E-state index in [2.05, 4.69) is 40.3 Å². The molecule has 15 heavy (non-hydrogen) atoms. The smallest absolute Gasteiger partial charge is 0.221 e. The number of halogens is 1. The molecule has 0 aliphatic rings. The fourth-order valence-electron chi connectivity index (χ4n) is 1.38. The van der Waals surface area contributed by atoms with Crippen molar-refractivity contribution in [2.45, 2.75) is 32.7 Å². The van der Waals surface area contributed by atoms with E-state index in [-0.39, 0.29) is 11.9 Å². The van der Waals surface area contributed by atoms with Crippen LogP contribution >= 0.6 is 27.3 Å². The molecule has 1 atom stereocenters. The van der Waals surface area contributed by atoms with Gasteiger partial charge in [0.1, 0.15) is 0 Å². The van der Waals surface area contributed by atoms with Crippen LogP contribution in [-0.4, -0.2) is 17.3 Å². The zero-order chi connectivity index (χ0) is 11.3. The second-order valence-corrected chi connectivity index (χ2v) is 5.79. The molecule has 1 N–H and O–H groups in total. The highest BCUT2D eigenvalue weighted by molar-refractivity contribution is 9.09. The summed E-state index contributed by atoms with van der Waals surface area (Å²) in [5, 5.41) is 3.70. The molecule has 2 nitrogen and oxygen atoms in total. The summed E-state index contributed by atoms with van der Waals surface area (Å²) in [5.41, 5.74) is 0. The maximum atomic E-state index is 11.3. The molecule has 0 radical (unpaired) electrons. The van der Waals surface area contributed by atoms with Crippen molar-refractivity contribution in [1.82, 2.24) is 5.32 Å². The maximum absolute atomic E-state index is 11.3. The SMILES string of the molecule is Cc1ccc(CC(C)NC(=O)CCBr)s1. The number of thiophene rings is 1. The van der Waals surface area contributed by atoms with Crippen molar-refractivity contribution < 1.29 is 4.79 Å². The molecule has 1 unspecified atom stereocenters. The lowest BCUT2D eigenvalue weighted by molar-refractivity contribution is -0.121. The average Bonchev–Trinajstić information content (AvgIpc) is 2.51. The summed E-state index contributed by atoms with van der Waals surface area (Å²) in [6.45, 7) is 4.14. The minimum atomic E-state index is 0.118. The number of nitrogens with one attached hydrogen (secondary N) is 1. The topological polar surface area (TPSA) is 29.1 Å². The Kier molecular flexibility index (Phi) is 5.32. The van der Waals surface area contributed by atoms with Gasteiger partial charge in [0.25, 0.3) is 0 Å². The van der Waals surface area contributed by atoms with Crippen LogP contribution in [0.25, 0.3) is 0 Å². The highest BCUT2D eigenvalue weighted by atomic mass is 79.9. The van der Waals surface area contributed by atoms with E-state index in [1.807, 2.05) is 6.92 Å². The van der Waals surface area contributed by atoms with Gasteiger partial charge in [-0.25, -0.2) is 0 Å². The molecule has 1 rings (SSSR count). The summed E-state index contributed by atoms with van der Waals surface area (Å²) < 4.78 is 0. The molecule has 0 bridgehead atoms. The molecule has 1 aromatic heterocycles. The van der Waals surface area contributed by atoms with Crippen LogP contribution in [0.1, 0.15) is 23.1 Å². The van der Waals surface area contributed by atoms with Crippen LogP contribution in [0, 0.1) is 6.92 Å². The number of aryl methyl sites for hydroxylation is 1. The fraction of sp³-hybridized carbons (Fsp3) is 0.545. The Labute approximate surface area is 103 Å². The Morgan fingerprint density at radius 3 is 2.87 bits per heavy atom. The largest absolute Gasteiger partial charge is 0.353 e. The molecule has 0 fully saturated rings. The fourth-order valence-corrected chi connectivity index (χ4v) is 2.76. The summed E-state index contributed by atoms with van der Waals surface area (Å²) in [5.74, 6) is 0.118. The zero-order valence-corrected chi connectivity index (χ0v) is 11.5. The van der Waals surface area contributed by atoms with Gasteiger partial charge in [-0.2, -0.15) is 0 Å². The minimum Gasteiger partial charge on any atom is -0.353 e. The van der Waals surface area contributed by atoms with Gasteiger partial charge in [0, 0.05) is 34.0 Å². The quantitative estimate of drug-likeness (QED) is 0.830. The van der Waals surface area contributed by atoms with Gasteiger partial charge in [-0.1, -0.05) is 15.9 Å². The number of amides is 1. The van der Waals surface area contributed by atoms with Gasteiger partial charge in [-0.3, -0.25) is 4.79 Å². The predicted molar refractivity (Wildman–Crippen MR) is 68.8 cm³/mol. The Hall–Kier alpha value is -0.350. The molecule has 84 valence electrons. The van der Waals surface area contributed by atoms with Crippen molar-refractivity contribution in [3.63, 3.8) is 0 Å². The van der Waals surface area contributed by atoms with Crippen molar-refractivity contribution in [3.8, 4) is 0 Å². The van der Waals surface area contributed by atoms with Crippen LogP contribution < -0.4 is 5.32 Å². The number of carbonyl (C=O) groups excluding carboxylic acids is 1. The van der Waals surface area contributed by atoms with Gasteiger partial charge in [0.05, 0.1) is 0 Å². The molecule has 0 aliphatic carbocycles. The van der Waals surface area contributed by atoms with E-state index in [4.69, 9.17) is 0 Å². The zero-order valence-electron chi connectivity index (χ0n) is 9.05. The van der Waals surface area contributed by atoms with Crippen LogP contribution in [0.15, 0.2) is 12.1 Å². The third-order valence-electron chi connectivity index (χ3n) is 2.03. The summed E-state index contributed by atoms with van der Waals surface area (Å²) in [7, 11) is 0. The van der Waals surface area contributed by atoms with E-state index in [0.29, 0.717) is 6.42 Å². The first kappa shape index (κ1) is 12.7. The van der Waals surface area contributed by atoms with Crippen molar-refractivity contribution in [2.24, 2.45) is 0 Å². The molecule has 0 spiro atoms. The molecule has 0 saturated heterocycles. The first-order valence-electron chi connectivity index (χ1n) is 5.02. The average molecular weight is 290 g/mol. The lowest BCUT2D eigenvalue weighted by Gasteiger charge is -2.12. The van der Waals surface area contributed by atoms with E-state index in [1.165, 1.54) is 9.75 Å². The maximum Gasteiger partial charge on any atom is 0.221 e. The standard InChI is InChI=1S/C11H16BrNOS/c1-8(13-11(14)5-6-12)7-10-4-3-9(2)15-10/h3-4,8H,5-7H2,1-2H3,(H,13,14). The van der Waals surface area contributed by atoms with E-state index in [1.54, 1.807) is 11.3 Å². The molecule has 1 amide bonds. The highest BCUT2D eigenvalue weighted by Crippen LogP contribution is 2.16. The molecule has 0 aliphatic heterocycles. The van der Waals surface area contributed by atoms with Gasteiger partial charge in [0.15, 0.2) is 0 Å². The normalized spacial score (nSPS) is 12.5. The molecule has 1 aromatic rings.